The number of carbonyl (C=O) groups excluding carboxylic acids is 2. The minimum atomic E-state index is -0.723. The Balaban J connectivity index is 4.91. The molecule has 0 fully saturated rings. The van der Waals surface area contributed by atoms with Crippen LogP contribution in [0.25, 0.3) is 0 Å². The topological polar surface area (TPSA) is 52.6 Å². The van der Waals surface area contributed by atoms with Gasteiger partial charge in [0.25, 0.3) is 0 Å². The Morgan fingerprint density at radius 3 is 1.88 bits per heavy atom. The van der Waals surface area contributed by atoms with E-state index in [1.165, 1.54) is 0 Å². The average Bonchev–Trinajstić information content (AvgIpc) is 2.48. The van der Waals surface area contributed by atoms with E-state index in [2.05, 4.69) is 13.8 Å². The molecule has 0 rings (SSSR count). The van der Waals surface area contributed by atoms with Crippen LogP contribution in [0.5, 0.6) is 0 Å². The van der Waals surface area contributed by atoms with Crippen LogP contribution in [0.1, 0.15) is 81.6 Å². The molecule has 4 heteroatoms. The summed E-state index contributed by atoms with van der Waals surface area (Å²) in [5.74, 6) is -0.132. The predicted octanol–water partition coefficient (Wildman–Crippen LogP) is 5.00. The second-order valence-corrected chi connectivity index (χ2v) is 9.22. The number of esters is 2. The van der Waals surface area contributed by atoms with Crippen molar-refractivity contribution in [1.29, 1.82) is 0 Å². The van der Waals surface area contributed by atoms with Crippen LogP contribution in [0.2, 0.25) is 0 Å². The molecule has 0 heterocycles. The van der Waals surface area contributed by atoms with Gasteiger partial charge < -0.3 is 9.47 Å². The molecule has 0 radical (unpaired) electrons. The summed E-state index contributed by atoms with van der Waals surface area (Å²) in [6.07, 6.45) is 2.01. The molecule has 142 valence electrons. The molecule has 0 saturated carbocycles. The van der Waals surface area contributed by atoms with Crippen LogP contribution in [-0.2, 0) is 19.1 Å². The first-order chi connectivity index (χ1) is 10.8. The van der Waals surface area contributed by atoms with Gasteiger partial charge in [-0.15, -0.1) is 0 Å². The fraction of sp³-hybridized carbons (Fsp3) is 0.900. The number of carbonyl (C=O) groups is 2. The first-order valence-electron chi connectivity index (χ1n) is 9.12. The molecule has 0 N–H and O–H groups in total. The fourth-order valence-corrected chi connectivity index (χ4v) is 2.38. The summed E-state index contributed by atoms with van der Waals surface area (Å²) in [6.45, 7) is 18.5. The molecule has 24 heavy (non-hydrogen) atoms. The normalized spacial score (nSPS) is 16.2. The third kappa shape index (κ3) is 7.67. The zero-order valence-electron chi connectivity index (χ0n) is 17.2. The van der Waals surface area contributed by atoms with E-state index in [4.69, 9.17) is 9.47 Å². The Bertz CT molecular complexity index is 420. The molecular weight excluding hydrogens is 304 g/mol. The number of hydrogen-bond donors (Lipinski definition) is 0. The maximum absolute atomic E-state index is 12.6. The SMILES string of the molecule is CCC(C)COC(=O)C(C)(C)CC(C)(CC)C(=O)OCC(C)(C)C. The summed E-state index contributed by atoms with van der Waals surface area (Å²) in [4.78, 5) is 25.0. The molecule has 0 amide bonds. The quantitative estimate of drug-likeness (QED) is 0.553. The monoisotopic (exact) mass is 342 g/mol. The van der Waals surface area contributed by atoms with E-state index in [-0.39, 0.29) is 17.4 Å². The molecule has 0 aliphatic heterocycles. The highest BCUT2D eigenvalue weighted by molar-refractivity contribution is 5.80. The molecule has 0 saturated heterocycles. The standard InChI is InChI=1S/C20H38O4/c1-10-15(3)12-23-16(21)19(7,8)13-20(9,11-2)17(22)24-14-18(4,5)6/h15H,10-14H2,1-9H3. The molecule has 0 aromatic carbocycles. The number of rotatable bonds is 9. The molecule has 4 nitrogen and oxygen atoms in total. The Hall–Kier alpha value is -1.06. The predicted molar refractivity (Wildman–Crippen MR) is 97.6 cm³/mol. The Morgan fingerprint density at radius 1 is 0.917 bits per heavy atom. The summed E-state index contributed by atoms with van der Waals surface area (Å²) in [5, 5.41) is 0. The molecule has 2 unspecified atom stereocenters. The lowest BCUT2D eigenvalue weighted by atomic mass is 9.72. The van der Waals surface area contributed by atoms with Gasteiger partial charge in [-0.1, -0.05) is 48.0 Å². The van der Waals surface area contributed by atoms with Crippen LogP contribution in [0, 0.1) is 22.2 Å². The molecule has 2 atom stereocenters. The zero-order chi connectivity index (χ0) is 19.2. The summed E-state index contributed by atoms with van der Waals surface area (Å²) < 4.78 is 11.0. The summed E-state index contributed by atoms with van der Waals surface area (Å²) in [6, 6.07) is 0. The molecule has 0 spiro atoms. The van der Waals surface area contributed by atoms with Gasteiger partial charge in [0.2, 0.25) is 0 Å². The van der Waals surface area contributed by atoms with Crippen LogP contribution < -0.4 is 0 Å². The summed E-state index contributed by atoms with van der Waals surface area (Å²) >= 11 is 0. The van der Waals surface area contributed by atoms with Crippen LogP contribution >= 0.6 is 0 Å². The minimum absolute atomic E-state index is 0.0744. The van der Waals surface area contributed by atoms with Gasteiger partial charge in [0, 0.05) is 0 Å². The van der Waals surface area contributed by atoms with Crippen molar-refractivity contribution in [1.82, 2.24) is 0 Å². The smallest absolute Gasteiger partial charge is 0.311 e. The average molecular weight is 343 g/mol. The van der Waals surface area contributed by atoms with E-state index in [0.717, 1.165) is 6.42 Å². The van der Waals surface area contributed by atoms with E-state index in [1.807, 2.05) is 48.5 Å². The van der Waals surface area contributed by atoms with Crippen molar-refractivity contribution < 1.29 is 19.1 Å². The Morgan fingerprint density at radius 2 is 1.46 bits per heavy atom. The zero-order valence-corrected chi connectivity index (χ0v) is 17.2. The summed E-state index contributed by atoms with van der Waals surface area (Å²) in [5.41, 5.74) is -1.49. The van der Waals surface area contributed by atoms with Crippen molar-refractivity contribution in [3.8, 4) is 0 Å². The molecule has 0 aliphatic rings. The van der Waals surface area contributed by atoms with Gasteiger partial charge in [0.15, 0.2) is 0 Å². The van der Waals surface area contributed by atoms with Crippen LogP contribution in [0.4, 0.5) is 0 Å². The van der Waals surface area contributed by atoms with Crippen LogP contribution in [0.15, 0.2) is 0 Å². The van der Waals surface area contributed by atoms with Crippen LogP contribution in [-0.4, -0.2) is 25.2 Å². The highest BCUT2D eigenvalue weighted by Gasteiger charge is 2.43. The van der Waals surface area contributed by atoms with E-state index < -0.39 is 10.8 Å². The lowest BCUT2D eigenvalue weighted by molar-refractivity contribution is -0.165. The van der Waals surface area contributed by atoms with Crippen molar-refractivity contribution in [3.63, 3.8) is 0 Å². The van der Waals surface area contributed by atoms with E-state index in [0.29, 0.717) is 32.0 Å². The lowest BCUT2D eigenvalue weighted by Gasteiger charge is -2.34. The second kappa shape index (κ2) is 8.87. The van der Waals surface area contributed by atoms with Gasteiger partial charge in [-0.05, 0) is 44.9 Å². The van der Waals surface area contributed by atoms with E-state index in [1.54, 1.807) is 0 Å². The second-order valence-electron chi connectivity index (χ2n) is 9.22. The van der Waals surface area contributed by atoms with Crippen molar-refractivity contribution in [2.45, 2.75) is 81.6 Å². The van der Waals surface area contributed by atoms with Crippen molar-refractivity contribution in [3.05, 3.63) is 0 Å². The molecular formula is C20H38O4. The fourth-order valence-electron chi connectivity index (χ4n) is 2.38. The van der Waals surface area contributed by atoms with Crippen molar-refractivity contribution in [2.75, 3.05) is 13.2 Å². The molecule has 0 aromatic rings. The highest BCUT2D eigenvalue weighted by Crippen LogP contribution is 2.39. The Labute approximate surface area is 148 Å². The van der Waals surface area contributed by atoms with Crippen molar-refractivity contribution >= 4 is 11.9 Å². The van der Waals surface area contributed by atoms with Gasteiger partial charge in [-0.3, -0.25) is 9.59 Å². The molecule has 0 bridgehead atoms. The third-order valence-corrected chi connectivity index (χ3v) is 4.49. The molecule has 0 aromatic heterocycles. The maximum Gasteiger partial charge on any atom is 0.311 e. The van der Waals surface area contributed by atoms with Gasteiger partial charge >= 0.3 is 11.9 Å². The van der Waals surface area contributed by atoms with Gasteiger partial charge in [-0.25, -0.2) is 0 Å². The van der Waals surface area contributed by atoms with Gasteiger partial charge in [0.05, 0.1) is 24.0 Å². The van der Waals surface area contributed by atoms with Crippen LogP contribution in [0.3, 0.4) is 0 Å². The molecule has 0 aliphatic carbocycles. The number of ether oxygens (including phenoxy) is 2. The first kappa shape index (κ1) is 22.9. The van der Waals surface area contributed by atoms with E-state index >= 15 is 0 Å². The highest BCUT2D eigenvalue weighted by atomic mass is 16.5. The van der Waals surface area contributed by atoms with Gasteiger partial charge in [0.1, 0.15) is 0 Å². The van der Waals surface area contributed by atoms with Gasteiger partial charge in [-0.2, -0.15) is 0 Å². The lowest BCUT2D eigenvalue weighted by Crippen LogP contribution is -2.39. The summed E-state index contributed by atoms with van der Waals surface area (Å²) in [7, 11) is 0. The third-order valence-electron chi connectivity index (χ3n) is 4.49. The Kier molecular flexibility index (Phi) is 8.47. The van der Waals surface area contributed by atoms with Crippen molar-refractivity contribution in [2.24, 2.45) is 22.2 Å². The largest absolute Gasteiger partial charge is 0.465 e. The maximum atomic E-state index is 12.6. The number of hydrogen-bond acceptors (Lipinski definition) is 4. The van der Waals surface area contributed by atoms with E-state index in [9.17, 15) is 9.59 Å². The minimum Gasteiger partial charge on any atom is -0.465 e. The first-order valence-corrected chi connectivity index (χ1v) is 9.12.